The summed E-state index contributed by atoms with van der Waals surface area (Å²) in [5, 5.41) is 17.5. The van der Waals surface area contributed by atoms with E-state index < -0.39 is 5.97 Å². The number of hydrogen-bond donors (Lipinski definition) is 4. The third-order valence-corrected chi connectivity index (χ3v) is 3.04. The maximum Gasteiger partial charge on any atom is 0.336 e. The molecule has 0 heterocycles. The van der Waals surface area contributed by atoms with E-state index in [1.165, 1.54) is 6.07 Å². The summed E-state index contributed by atoms with van der Waals surface area (Å²) in [5.41, 5.74) is 2.22. The molecule has 2 amide bonds. The van der Waals surface area contributed by atoms with E-state index in [0.717, 1.165) is 18.5 Å². The molecule has 0 spiro atoms. The molecule has 4 N–H and O–H groups in total. The molecule has 0 aromatic heterocycles. The van der Waals surface area contributed by atoms with Gasteiger partial charge in [0.2, 0.25) is 0 Å². The van der Waals surface area contributed by atoms with Crippen LogP contribution in [-0.4, -0.2) is 37.2 Å². The lowest BCUT2D eigenvalue weighted by molar-refractivity contribution is 0.0696. The van der Waals surface area contributed by atoms with Crippen LogP contribution < -0.4 is 16.0 Å². The van der Waals surface area contributed by atoms with Crippen molar-refractivity contribution in [2.45, 2.75) is 20.3 Å². The fourth-order valence-corrected chi connectivity index (χ4v) is 1.80. The Morgan fingerprint density at radius 2 is 1.90 bits per heavy atom. The van der Waals surface area contributed by atoms with E-state index in [-0.39, 0.29) is 11.6 Å². The monoisotopic (exact) mass is 279 g/mol. The molecule has 0 atom stereocenters. The van der Waals surface area contributed by atoms with Gasteiger partial charge in [-0.15, -0.1) is 0 Å². The number of amides is 2. The molecule has 0 saturated carbocycles. The second kappa shape index (κ2) is 7.49. The summed E-state index contributed by atoms with van der Waals surface area (Å²) in [4.78, 5) is 22.8. The lowest BCUT2D eigenvalue weighted by Crippen LogP contribution is -2.31. The summed E-state index contributed by atoms with van der Waals surface area (Å²) in [7, 11) is 1.85. The molecule has 0 aliphatic carbocycles. The largest absolute Gasteiger partial charge is 0.478 e. The van der Waals surface area contributed by atoms with E-state index in [1.807, 2.05) is 14.0 Å². The maximum atomic E-state index is 11.7. The van der Waals surface area contributed by atoms with Crippen LogP contribution in [-0.2, 0) is 0 Å². The predicted octanol–water partition coefficient (Wildman–Crippen LogP) is 1.73. The van der Waals surface area contributed by atoms with Gasteiger partial charge in [0.15, 0.2) is 0 Å². The Morgan fingerprint density at radius 3 is 2.50 bits per heavy atom. The van der Waals surface area contributed by atoms with Crippen LogP contribution in [0, 0.1) is 13.8 Å². The highest BCUT2D eigenvalue weighted by molar-refractivity contribution is 5.94. The average molecular weight is 279 g/mol. The summed E-state index contributed by atoms with van der Waals surface area (Å²) in [6.45, 7) is 4.95. The minimum atomic E-state index is -0.997. The van der Waals surface area contributed by atoms with Crippen LogP contribution in [0.5, 0.6) is 0 Å². The van der Waals surface area contributed by atoms with Gasteiger partial charge in [-0.05, 0) is 57.1 Å². The first-order chi connectivity index (χ1) is 9.45. The van der Waals surface area contributed by atoms with E-state index in [9.17, 15) is 9.59 Å². The Morgan fingerprint density at radius 1 is 1.20 bits per heavy atom. The van der Waals surface area contributed by atoms with E-state index in [2.05, 4.69) is 16.0 Å². The minimum absolute atomic E-state index is 0.204. The number of hydrogen-bond acceptors (Lipinski definition) is 3. The number of carboxylic acids is 1. The molecule has 0 fully saturated rings. The quantitative estimate of drug-likeness (QED) is 0.597. The molecular weight excluding hydrogens is 258 g/mol. The van der Waals surface area contributed by atoms with E-state index in [0.29, 0.717) is 17.8 Å². The van der Waals surface area contributed by atoms with Crippen LogP contribution in [0.15, 0.2) is 12.1 Å². The van der Waals surface area contributed by atoms with Gasteiger partial charge in [0.1, 0.15) is 0 Å². The SMILES string of the molecule is CNCCCNC(=O)Nc1cc(C)c(C)c(C(=O)O)c1. The number of aromatic carboxylic acids is 1. The highest BCUT2D eigenvalue weighted by Crippen LogP contribution is 2.19. The Labute approximate surface area is 118 Å². The van der Waals surface area contributed by atoms with Crippen LogP contribution in [0.4, 0.5) is 10.5 Å². The van der Waals surface area contributed by atoms with Crippen LogP contribution >= 0.6 is 0 Å². The van der Waals surface area contributed by atoms with E-state index in [4.69, 9.17) is 5.11 Å². The highest BCUT2D eigenvalue weighted by atomic mass is 16.4. The van der Waals surface area contributed by atoms with Gasteiger partial charge in [-0.2, -0.15) is 0 Å². The molecule has 0 aliphatic heterocycles. The average Bonchev–Trinajstić information content (AvgIpc) is 2.38. The number of carbonyl (C=O) groups is 2. The lowest BCUT2D eigenvalue weighted by Gasteiger charge is -2.11. The molecule has 6 nitrogen and oxygen atoms in total. The van der Waals surface area contributed by atoms with Crippen molar-refractivity contribution in [3.05, 3.63) is 28.8 Å². The number of carboxylic acid groups (broad SMARTS) is 1. The molecule has 0 saturated heterocycles. The van der Waals surface area contributed by atoms with Crippen molar-refractivity contribution >= 4 is 17.7 Å². The van der Waals surface area contributed by atoms with Gasteiger partial charge in [-0.25, -0.2) is 9.59 Å². The fourth-order valence-electron chi connectivity index (χ4n) is 1.80. The third kappa shape index (κ3) is 4.55. The van der Waals surface area contributed by atoms with E-state index >= 15 is 0 Å². The molecule has 0 aliphatic rings. The maximum absolute atomic E-state index is 11.7. The van der Waals surface area contributed by atoms with Gasteiger partial charge in [-0.3, -0.25) is 0 Å². The number of benzene rings is 1. The van der Waals surface area contributed by atoms with Crippen molar-refractivity contribution in [2.24, 2.45) is 0 Å². The number of nitrogens with one attached hydrogen (secondary N) is 3. The smallest absolute Gasteiger partial charge is 0.336 e. The van der Waals surface area contributed by atoms with Crippen LogP contribution in [0.2, 0.25) is 0 Å². The Kier molecular flexibility index (Phi) is 5.99. The summed E-state index contributed by atoms with van der Waals surface area (Å²) in [5.74, 6) is -0.997. The Bertz CT molecular complexity index is 501. The first-order valence-corrected chi connectivity index (χ1v) is 6.49. The predicted molar refractivity (Wildman–Crippen MR) is 78.4 cm³/mol. The highest BCUT2D eigenvalue weighted by Gasteiger charge is 2.12. The summed E-state index contributed by atoms with van der Waals surface area (Å²) < 4.78 is 0. The first kappa shape index (κ1) is 16.0. The van der Waals surface area contributed by atoms with E-state index in [1.54, 1.807) is 13.0 Å². The number of aryl methyl sites for hydroxylation is 1. The lowest BCUT2D eigenvalue weighted by atomic mass is 10.0. The third-order valence-electron chi connectivity index (χ3n) is 3.04. The minimum Gasteiger partial charge on any atom is -0.478 e. The normalized spacial score (nSPS) is 10.2. The van der Waals surface area contributed by atoms with Crippen LogP contribution in [0.1, 0.15) is 27.9 Å². The molecule has 110 valence electrons. The van der Waals surface area contributed by atoms with Crippen molar-refractivity contribution in [1.29, 1.82) is 0 Å². The number of carbonyl (C=O) groups excluding carboxylic acids is 1. The number of rotatable bonds is 6. The zero-order chi connectivity index (χ0) is 15.1. The summed E-state index contributed by atoms with van der Waals surface area (Å²) in [6, 6.07) is 2.90. The zero-order valence-electron chi connectivity index (χ0n) is 12.0. The molecule has 0 bridgehead atoms. The van der Waals surface area contributed by atoms with Crippen molar-refractivity contribution in [2.75, 3.05) is 25.5 Å². The molecule has 1 aromatic carbocycles. The molecule has 6 heteroatoms. The van der Waals surface area contributed by atoms with Crippen molar-refractivity contribution in [1.82, 2.24) is 10.6 Å². The first-order valence-electron chi connectivity index (χ1n) is 6.49. The summed E-state index contributed by atoms with van der Waals surface area (Å²) in [6.07, 6.45) is 0.831. The van der Waals surface area contributed by atoms with Crippen molar-refractivity contribution in [3.8, 4) is 0 Å². The topological polar surface area (TPSA) is 90.5 Å². The molecule has 1 rings (SSSR count). The number of urea groups is 1. The Balaban J connectivity index is 2.68. The van der Waals surface area contributed by atoms with Gasteiger partial charge in [0.25, 0.3) is 0 Å². The van der Waals surface area contributed by atoms with Gasteiger partial charge < -0.3 is 21.1 Å². The van der Waals surface area contributed by atoms with Crippen LogP contribution in [0.3, 0.4) is 0 Å². The van der Waals surface area contributed by atoms with Crippen molar-refractivity contribution in [3.63, 3.8) is 0 Å². The Hall–Kier alpha value is -2.08. The van der Waals surface area contributed by atoms with Crippen LogP contribution in [0.25, 0.3) is 0 Å². The van der Waals surface area contributed by atoms with Gasteiger partial charge in [0.05, 0.1) is 5.56 Å². The standard InChI is InChI=1S/C14H21N3O3/c1-9-7-11(8-12(10(9)2)13(18)19)17-14(20)16-6-4-5-15-3/h7-8,15H,4-6H2,1-3H3,(H,18,19)(H2,16,17,20). The van der Waals surface area contributed by atoms with Crippen molar-refractivity contribution < 1.29 is 14.7 Å². The number of anilines is 1. The molecule has 20 heavy (non-hydrogen) atoms. The van der Waals surface area contributed by atoms with Gasteiger partial charge >= 0.3 is 12.0 Å². The summed E-state index contributed by atoms with van der Waals surface area (Å²) >= 11 is 0. The molecule has 0 unspecified atom stereocenters. The second-order valence-electron chi connectivity index (χ2n) is 4.61. The zero-order valence-corrected chi connectivity index (χ0v) is 12.0. The molecular formula is C14H21N3O3. The van der Waals surface area contributed by atoms with Gasteiger partial charge in [0, 0.05) is 12.2 Å². The second-order valence-corrected chi connectivity index (χ2v) is 4.61. The van der Waals surface area contributed by atoms with Gasteiger partial charge in [-0.1, -0.05) is 0 Å². The molecule has 0 radical (unpaired) electrons. The fraction of sp³-hybridized carbons (Fsp3) is 0.429. The molecule has 1 aromatic rings.